The molecule has 0 saturated carbocycles. The SMILES string of the molecule is O=[PH]1c2ccccc2Nc2cc3ccccc3cc2[PH](=O)c2cc3ccccc3cc2Nc2ccccc21. The molecule has 184 valence electrons. The average Bonchev–Trinajstić information content (AvgIpc) is 2.96. The van der Waals surface area contributed by atoms with Gasteiger partial charge in [0.05, 0.1) is 0 Å². The number of para-hydroxylation sites is 2. The van der Waals surface area contributed by atoms with E-state index in [0.29, 0.717) is 0 Å². The summed E-state index contributed by atoms with van der Waals surface area (Å²) in [6.07, 6.45) is 0. The molecule has 0 radical (unpaired) electrons. The Labute approximate surface area is 221 Å². The molecule has 0 amide bonds. The van der Waals surface area contributed by atoms with Crippen LogP contribution in [0.15, 0.2) is 121 Å². The third kappa shape index (κ3) is 3.94. The van der Waals surface area contributed by atoms with E-state index in [1.54, 1.807) is 0 Å². The molecule has 0 unspecified atom stereocenters. The molecule has 38 heavy (non-hydrogen) atoms. The Morgan fingerprint density at radius 2 is 0.711 bits per heavy atom. The van der Waals surface area contributed by atoms with E-state index in [0.717, 1.165) is 65.5 Å². The lowest BCUT2D eigenvalue weighted by molar-refractivity contribution is 0.597. The van der Waals surface area contributed by atoms with Gasteiger partial charge in [0, 0.05) is 44.0 Å². The molecule has 0 bridgehead atoms. The molecule has 4 nitrogen and oxygen atoms in total. The van der Waals surface area contributed by atoms with Gasteiger partial charge in [-0.1, -0.05) is 72.8 Å². The van der Waals surface area contributed by atoms with Crippen LogP contribution >= 0.6 is 15.6 Å². The lowest BCUT2D eigenvalue weighted by Crippen LogP contribution is -2.20. The van der Waals surface area contributed by atoms with E-state index in [-0.39, 0.29) is 0 Å². The zero-order valence-corrected chi connectivity index (χ0v) is 22.4. The molecular weight excluding hydrogens is 506 g/mol. The van der Waals surface area contributed by atoms with E-state index < -0.39 is 15.6 Å². The Morgan fingerprint density at radius 1 is 0.368 bits per heavy atom. The molecule has 0 aromatic heterocycles. The highest BCUT2D eigenvalue weighted by Crippen LogP contribution is 2.37. The van der Waals surface area contributed by atoms with E-state index >= 15 is 0 Å². The Hall–Kier alpha value is -4.10. The Bertz CT molecular complexity index is 1800. The summed E-state index contributed by atoms with van der Waals surface area (Å²) in [6, 6.07) is 39.8. The monoisotopic (exact) mass is 530 g/mol. The minimum Gasteiger partial charge on any atom is -0.354 e. The predicted molar refractivity (Wildman–Crippen MR) is 164 cm³/mol. The second-order valence-corrected chi connectivity index (χ2v) is 13.0. The topological polar surface area (TPSA) is 58.2 Å². The molecule has 0 fully saturated rings. The third-order valence-electron chi connectivity index (χ3n) is 7.14. The number of fused-ring (bicyclic) bond motifs is 6. The minimum absolute atomic E-state index is 0.741. The fourth-order valence-electron chi connectivity index (χ4n) is 5.22. The molecule has 6 heteroatoms. The summed E-state index contributed by atoms with van der Waals surface area (Å²) in [7, 11) is -4.85. The molecule has 1 aliphatic heterocycles. The third-order valence-corrected chi connectivity index (χ3v) is 10.8. The van der Waals surface area contributed by atoms with Crippen LogP contribution in [-0.2, 0) is 9.13 Å². The fourth-order valence-corrected chi connectivity index (χ4v) is 8.41. The van der Waals surface area contributed by atoms with Crippen LogP contribution in [0.5, 0.6) is 0 Å². The molecule has 6 aromatic carbocycles. The van der Waals surface area contributed by atoms with Gasteiger partial charge in [-0.15, -0.1) is 0 Å². The summed E-state index contributed by atoms with van der Waals surface area (Å²) in [5.74, 6) is 0. The quantitative estimate of drug-likeness (QED) is 0.212. The zero-order chi connectivity index (χ0) is 25.6. The first-order valence-corrected chi connectivity index (χ1v) is 15.3. The van der Waals surface area contributed by atoms with Gasteiger partial charge in [0.1, 0.15) is 15.6 Å². The highest BCUT2D eigenvalue weighted by Gasteiger charge is 2.22. The Balaban J connectivity index is 1.56. The van der Waals surface area contributed by atoms with Gasteiger partial charge >= 0.3 is 0 Å². The van der Waals surface area contributed by atoms with Crippen LogP contribution in [0.4, 0.5) is 22.7 Å². The van der Waals surface area contributed by atoms with Gasteiger partial charge in [-0.25, -0.2) is 0 Å². The van der Waals surface area contributed by atoms with E-state index in [9.17, 15) is 9.13 Å². The van der Waals surface area contributed by atoms with Crippen LogP contribution in [0.1, 0.15) is 0 Å². The standard InChI is InChI=1S/C32H24N2O2P2/c35-37-29-15-7-5-13-25(29)33-27-17-21-9-1-3-11-23(21)19-31(27)38(36)32-20-24-12-4-2-10-22(24)18-28(32)34-26-14-6-8-16-30(26)37/h1-20,33-34,37-38H. The molecule has 7 rings (SSSR count). The van der Waals surface area contributed by atoms with Gasteiger partial charge in [0.2, 0.25) is 0 Å². The van der Waals surface area contributed by atoms with Crippen LogP contribution in [-0.4, -0.2) is 0 Å². The number of hydrogen-bond acceptors (Lipinski definition) is 4. The van der Waals surface area contributed by atoms with Gasteiger partial charge in [0.25, 0.3) is 0 Å². The van der Waals surface area contributed by atoms with Crippen LogP contribution in [0.3, 0.4) is 0 Å². The largest absolute Gasteiger partial charge is 0.354 e. The van der Waals surface area contributed by atoms with Crippen LogP contribution < -0.4 is 31.9 Å². The van der Waals surface area contributed by atoms with Gasteiger partial charge in [-0.3, -0.25) is 0 Å². The maximum atomic E-state index is 14.6. The van der Waals surface area contributed by atoms with Crippen molar-refractivity contribution in [3.8, 4) is 0 Å². The van der Waals surface area contributed by atoms with Crippen molar-refractivity contribution >= 4 is 81.1 Å². The van der Waals surface area contributed by atoms with Gasteiger partial charge in [-0.2, -0.15) is 0 Å². The van der Waals surface area contributed by atoms with Crippen molar-refractivity contribution < 1.29 is 9.13 Å². The Morgan fingerprint density at radius 3 is 1.16 bits per heavy atom. The lowest BCUT2D eigenvalue weighted by atomic mass is 10.1. The minimum atomic E-state index is -2.47. The van der Waals surface area contributed by atoms with Gasteiger partial charge < -0.3 is 19.8 Å². The van der Waals surface area contributed by atoms with Crippen molar-refractivity contribution in [1.29, 1.82) is 0 Å². The summed E-state index contributed by atoms with van der Waals surface area (Å²) >= 11 is 0. The van der Waals surface area contributed by atoms with Crippen LogP contribution in [0.2, 0.25) is 0 Å². The van der Waals surface area contributed by atoms with Crippen molar-refractivity contribution in [2.45, 2.75) is 0 Å². The lowest BCUT2D eigenvalue weighted by Gasteiger charge is -2.21. The number of hydrogen-bond donors (Lipinski definition) is 2. The first kappa shape index (κ1) is 23.0. The molecular formula is C32H24N2O2P2. The number of rotatable bonds is 0. The highest BCUT2D eigenvalue weighted by molar-refractivity contribution is 7.62. The van der Waals surface area contributed by atoms with Crippen LogP contribution in [0, 0.1) is 0 Å². The first-order valence-electron chi connectivity index (χ1n) is 12.5. The molecule has 0 spiro atoms. The van der Waals surface area contributed by atoms with Gasteiger partial charge in [0.15, 0.2) is 0 Å². The Kier molecular flexibility index (Phi) is 5.66. The summed E-state index contributed by atoms with van der Waals surface area (Å²) < 4.78 is 28.7. The maximum absolute atomic E-state index is 14.6. The second-order valence-electron chi connectivity index (χ2n) is 9.49. The summed E-state index contributed by atoms with van der Waals surface area (Å²) in [6.45, 7) is 0. The molecule has 2 N–H and O–H groups in total. The molecule has 0 saturated heterocycles. The second kappa shape index (κ2) is 9.33. The molecule has 0 atom stereocenters. The van der Waals surface area contributed by atoms with Gasteiger partial charge in [-0.05, 0) is 70.1 Å². The highest BCUT2D eigenvalue weighted by atomic mass is 31.1. The molecule has 0 aliphatic carbocycles. The number of nitrogens with one attached hydrogen (secondary N) is 2. The average molecular weight is 531 g/mol. The van der Waals surface area contributed by atoms with Crippen molar-refractivity contribution in [3.05, 3.63) is 121 Å². The van der Waals surface area contributed by atoms with E-state index in [1.807, 2.05) is 97.1 Å². The maximum Gasteiger partial charge on any atom is 0.135 e. The first-order chi connectivity index (χ1) is 18.7. The van der Waals surface area contributed by atoms with Crippen molar-refractivity contribution in [2.75, 3.05) is 10.6 Å². The summed E-state index contributed by atoms with van der Waals surface area (Å²) in [5, 5.41) is 14.2. The summed E-state index contributed by atoms with van der Waals surface area (Å²) in [5.41, 5.74) is 3.05. The smallest absolute Gasteiger partial charge is 0.135 e. The van der Waals surface area contributed by atoms with Crippen molar-refractivity contribution in [2.24, 2.45) is 0 Å². The number of benzene rings is 6. The van der Waals surface area contributed by atoms with Crippen molar-refractivity contribution in [1.82, 2.24) is 0 Å². The van der Waals surface area contributed by atoms with Crippen LogP contribution in [0.25, 0.3) is 21.5 Å². The molecule has 1 aliphatic rings. The van der Waals surface area contributed by atoms with E-state index in [1.165, 1.54) is 0 Å². The molecule has 6 aromatic rings. The van der Waals surface area contributed by atoms with E-state index in [2.05, 4.69) is 34.9 Å². The normalized spacial score (nSPS) is 16.5. The zero-order valence-electron chi connectivity index (χ0n) is 20.4. The fraction of sp³-hybridized carbons (Fsp3) is 0. The predicted octanol–water partition coefficient (Wildman–Crippen LogP) is 6.81. The number of anilines is 4. The van der Waals surface area contributed by atoms with Crippen molar-refractivity contribution in [3.63, 3.8) is 0 Å². The molecule has 1 heterocycles. The van der Waals surface area contributed by atoms with E-state index in [4.69, 9.17) is 0 Å². The summed E-state index contributed by atoms with van der Waals surface area (Å²) in [4.78, 5) is 0.